The molecule has 0 unspecified atom stereocenters. The molecule has 0 radical (unpaired) electrons. The minimum absolute atomic E-state index is 0.937. The average Bonchev–Trinajstić information content (AvgIpc) is 2.46. The van der Waals surface area contributed by atoms with E-state index in [4.69, 9.17) is 0 Å². The van der Waals surface area contributed by atoms with Crippen LogP contribution >= 0.6 is 0 Å². The molecule has 0 rings (SSSR count). The van der Waals surface area contributed by atoms with Crippen LogP contribution in [-0.2, 0) is 0 Å². The molecule has 0 atom stereocenters. The predicted molar refractivity (Wildman–Crippen MR) is 95.1 cm³/mol. The van der Waals surface area contributed by atoms with Crippen LogP contribution in [0.2, 0.25) is 0 Å². The zero-order chi connectivity index (χ0) is 16.1. The monoisotopic (exact) mass is 275 g/mol. The summed E-state index contributed by atoms with van der Waals surface area (Å²) >= 11 is 0. The van der Waals surface area contributed by atoms with Crippen LogP contribution in [-0.4, -0.2) is 25.0 Å². The number of hydrogen-bond acceptors (Lipinski definition) is 1. The summed E-state index contributed by atoms with van der Waals surface area (Å²) in [6, 6.07) is 0. The van der Waals surface area contributed by atoms with Crippen molar-refractivity contribution in [1.29, 1.82) is 0 Å². The fraction of sp³-hybridized carbons (Fsp3) is 1.00. The van der Waals surface area contributed by atoms with Crippen LogP contribution in [0.25, 0.3) is 0 Å². The first-order valence-electron chi connectivity index (χ1n) is 8.93. The van der Waals surface area contributed by atoms with Crippen LogP contribution < -0.4 is 0 Å². The van der Waals surface area contributed by atoms with E-state index in [0.717, 1.165) is 5.92 Å². The average molecular weight is 276 g/mol. The number of nitrogens with zero attached hydrogens (tertiary/aromatic N) is 1. The lowest BCUT2D eigenvalue weighted by Gasteiger charge is -2.22. The van der Waals surface area contributed by atoms with Crippen molar-refractivity contribution in [1.82, 2.24) is 4.90 Å². The lowest BCUT2D eigenvalue weighted by atomic mass is 9.98. The van der Waals surface area contributed by atoms with Crippen LogP contribution in [0.3, 0.4) is 0 Å². The second kappa shape index (κ2) is 30.8. The van der Waals surface area contributed by atoms with E-state index in [1.807, 2.05) is 41.5 Å². The van der Waals surface area contributed by atoms with Crippen molar-refractivity contribution >= 4 is 0 Å². The lowest BCUT2D eigenvalue weighted by molar-refractivity contribution is 0.256. The summed E-state index contributed by atoms with van der Waals surface area (Å²) in [4.78, 5) is 2.48. The van der Waals surface area contributed by atoms with E-state index < -0.39 is 0 Å². The molecule has 1 heteroatoms. The molecule has 0 saturated carbocycles. The minimum Gasteiger partial charge on any atom is -0.306 e. The maximum atomic E-state index is 2.48. The third-order valence-electron chi connectivity index (χ3n) is 2.57. The Morgan fingerprint density at radius 2 is 1.05 bits per heavy atom. The molecule has 0 aromatic rings. The van der Waals surface area contributed by atoms with Crippen molar-refractivity contribution < 1.29 is 0 Å². The summed E-state index contributed by atoms with van der Waals surface area (Å²) in [5.41, 5.74) is 0. The van der Waals surface area contributed by atoms with Crippen molar-refractivity contribution in [2.75, 3.05) is 20.1 Å². The van der Waals surface area contributed by atoms with Crippen LogP contribution in [0.4, 0.5) is 0 Å². The zero-order valence-corrected chi connectivity index (χ0v) is 16.0. The van der Waals surface area contributed by atoms with Gasteiger partial charge in [-0.3, -0.25) is 0 Å². The molecule has 1 nitrogen and oxygen atoms in total. The summed E-state index contributed by atoms with van der Waals surface area (Å²) in [5.74, 6) is 0.937. The summed E-state index contributed by atoms with van der Waals surface area (Å²) in [6.07, 6.45) is 6.76. The zero-order valence-electron chi connectivity index (χ0n) is 16.0. The SMILES string of the molecule is CC.CC.CC.CCCC(CCC)CN(C)CCC. The lowest BCUT2D eigenvalue weighted by Crippen LogP contribution is -2.26. The Bertz CT molecular complexity index is 95.9. The Morgan fingerprint density at radius 1 is 0.684 bits per heavy atom. The predicted octanol–water partition coefficient (Wildman–Crippen LogP) is 6.62. The molecule has 0 N–H and O–H groups in total. The molecule has 0 heterocycles. The molecule has 0 aliphatic rings. The molecule has 0 aromatic heterocycles. The summed E-state index contributed by atoms with van der Waals surface area (Å²) in [6.45, 7) is 21.4. The Balaban J connectivity index is -0.000000163. The Morgan fingerprint density at radius 3 is 1.32 bits per heavy atom. The standard InChI is InChI=1S/C12H27N.3C2H6/c1-5-8-12(9-6-2)11-13(4)10-7-3;3*1-2/h12H,5-11H2,1-4H3;3*1-2H3. The third kappa shape index (κ3) is 27.2. The van der Waals surface area contributed by atoms with E-state index in [9.17, 15) is 0 Å². The maximum absolute atomic E-state index is 2.48. The summed E-state index contributed by atoms with van der Waals surface area (Å²) in [7, 11) is 2.25. The van der Waals surface area contributed by atoms with Crippen LogP contribution in [0, 0.1) is 5.92 Å². The van der Waals surface area contributed by atoms with Gasteiger partial charge in [0.15, 0.2) is 0 Å². The summed E-state index contributed by atoms with van der Waals surface area (Å²) < 4.78 is 0. The highest BCUT2D eigenvalue weighted by atomic mass is 15.1. The Hall–Kier alpha value is -0.0400. The van der Waals surface area contributed by atoms with Gasteiger partial charge in [-0.2, -0.15) is 0 Å². The molecule has 0 aliphatic heterocycles. The van der Waals surface area contributed by atoms with Gasteiger partial charge in [0.1, 0.15) is 0 Å². The van der Waals surface area contributed by atoms with Gasteiger partial charge in [-0.1, -0.05) is 75.2 Å². The second-order valence-electron chi connectivity index (χ2n) is 4.21. The Kier molecular flexibility index (Phi) is 44.2. The highest BCUT2D eigenvalue weighted by molar-refractivity contribution is 4.62. The highest BCUT2D eigenvalue weighted by Gasteiger charge is 2.08. The highest BCUT2D eigenvalue weighted by Crippen LogP contribution is 2.14. The molecule has 122 valence electrons. The van der Waals surface area contributed by atoms with E-state index in [-0.39, 0.29) is 0 Å². The first-order valence-corrected chi connectivity index (χ1v) is 8.93. The first kappa shape index (κ1) is 27.3. The van der Waals surface area contributed by atoms with Gasteiger partial charge in [-0.15, -0.1) is 0 Å². The normalized spacial score (nSPS) is 8.84. The molecule has 19 heavy (non-hydrogen) atoms. The van der Waals surface area contributed by atoms with Gasteiger partial charge in [0, 0.05) is 6.54 Å². The molecular weight excluding hydrogens is 230 g/mol. The third-order valence-corrected chi connectivity index (χ3v) is 2.57. The van der Waals surface area contributed by atoms with Gasteiger partial charge >= 0.3 is 0 Å². The molecule has 0 spiro atoms. The van der Waals surface area contributed by atoms with E-state index in [1.165, 1.54) is 45.2 Å². The van der Waals surface area contributed by atoms with Crippen LogP contribution in [0.5, 0.6) is 0 Å². The molecule has 0 aliphatic carbocycles. The quantitative estimate of drug-likeness (QED) is 0.481. The van der Waals surface area contributed by atoms with Crippen LogP contribution in [0.1, 0.15) is 94.4 Å². The van der Waals surface area contributed by atoms with Crippen molar-refractivity contribution in [2.45, 2.75) is 94.4 Å². The molecule has 0 aromatic carbocycles. The fourth-order valence-electron chi connectivity index (χ4n) is 2.06. The minimum atomic E-state index is 0.937. The number of rotatable bonds is 8. The second-order valence-corrected chi connectivity index (χ2v) is 4.21. The Labute approximate surface area is 126 Å². The van der Waals surface area contributed by atoms with Gasteiger partial charge in [0.2, 0.25) is 0 Å². The first-order chi connectivity index (χ1) is 9.24. The molecular formula is C18H45N. The van der Waals surface area contributed by atoms with Gasteiger partial charge in [0.25, 0.3) is 0 Å². The van der Waals surface area contributed by atoms with Crippen molar-refractivity contribution in [3.8, 4) is 0 Å². The van der Waals surface area contributed by atoms with Gasteiger partial charge < -0.3 is 4.90 Å². The van der Waals surface area contributed by atoms with Gasteiger partial charge in [-0.25, -0.2) is 0 Å². The smallest absolute Gasteiger partial charge is 0.000660 e. The van der Waals surface area contributed by atoms with Crippen molar-refractivity contribution in [2.24, 2.45) is 5.92 Å². The number of hydrogen-bond donors (Lipinski definition) is 0. The van der Waals surface area contributed by atoms with Gasteiger partial charge in [0.05, 0.1) is 0 Å². The molecule has 0 amide bonds. The largest absolute Gasteiger partial charge is 0.306 e. The topological polar surface area (TPSA) is 3.24 Å². The van der Waals surface area contributed by atoms with Crippen molar-refractivity contribution in [3.63, 3.8) is 0 Å². The van der Waals surface area contributed by atoms with Crippen LogP contribution in [0.15, 0.2) is 0 Å². The maximum Gasteiger partial charge on any atom is 0.000660 e. The molecule has 0 fully saturated rings. The summed E-state index contributed by atoms with van der Waals surface area (Å²) in [5, 5.41) is 0. The molecule has 0 saturated heterocycles. The van der Waals surface area contributed by atoms with E-state index in [2.05, 4.69) is 32.7 Å². The van der Waals surface area contributed by atoms with E-state index in [1.54, 1.807) is 0 Å². The van der Waals surface area contributed by atoms with Gasteiger partial charge in [-0.05, 0) is 38.8 Å². The fourth-order valence-corrected chi connectivity index (χ4v) is 2.06. The van der Waals surface area contributed by atoms with E-state index in [0.29, 0.717) is 0 Å². The molecule has 0 bridgehead atoms. The van der Waals surface area contributed by atoms with Crippen molar-refractivity contribution in [3.05, 3.63) is 0 Å². The van der Waals surface area contributed by atoms with E-state index >= 15 is 0 Å².